The van der Waals surface area contributed by atoms with Crippen molar-refractivity contribution < 1.29 is 4.79 Å². The van der Waals surface area contributed by atoms with Gasteiger partial charge in [-0.3, -0.25) is 9.59 Å². The van der Waals surface area contributed by atoms with Crippen LogP contribution in [0, 0.1) is 0 Å². The molecule has 0 spiro atoms. The second kappa shape index (κ2) is 5.52. The Labute approximate surface area is 110 Å². The zero-order chi connectivity index (χ0) is 13.1. The SMILES string of the molecule is CCCN1C[C@@H](c2cc(=O)[nH]c(CCl)n2)CC1=O. The molecule has 0 unspecified atom stereocenters. The molecule has 1 aliphatic heterocycles. The molecule has 18 heavy (non-hydrogen) atoms. The molecule has 1 aliphatic rings. The average molecular weight is 270 g/mol. The minimum Gasteiger partial charge on any atom is -0.342 e. The number of hydrogen-bond acceptors (Lipinski definition) is 3. The van der Waals surface area contributed by atoms with Crippen LogP contribution in [-0.2, 0) is 10.7 Å². The first kappa shape index (κ1) is 13.1. The van der Waals surface area contributed by atoms with Crippen LogP contribution in [-0.4, -0.2) is 33.9 Å². The van der Waals surface area contributed by atoms with Crippen LogP contribution in [0.5, 0.6) is 0 Å². The fraction of sp³-hybridized carbons (Fsp3) is 0.583. The molecule has 6 heteroatoms. The number of amides is 1. The van der Waals surface area contributed by atoms with E-state index in [0.29, 0.717) is 24.5 Å². The number of H-pyrrole nitrogens is 1. The van der Waals surface area contributed by atoms with Crippen molar-refractivity contribution in [2.24, 2.45) is 0 Å². The standard InChI is InChI=1S/C12H16ClN3O2/c1-2-3-16-7-8(4-12(16)18)9-5-11(17)15-10(6-13)14-9/h5,8H,2-4,6-7H2,1H3,(H,14,15,17)/t8-/m0/s1. The Morgan fingerprint density at radius 2 is 2.33 bits per heavy atom. The molecule has 0 aromatic carbocycles. The maximum atomic E-state index is 11.8. The first-order valence-corrected chi connectivity index (χ1v) is 6.61. The van der Waals surface area contributed by atoms with Crippen LogP contribution in [0.2, 0.25) is 0 Å². The lowest BCUT2D eigenvalue weighted by molar-refractivity contribution is -0.127. The van der Waals surface area contributed by atoms with Gasteiger partial charge in [-0.1, -0.05) is 6.92 Å². The molecule has 0 saturated carbocycles. The quantitative estimate of drug-likeness (QED) is 0.836. The number of hydrogen-bond donors (Lipinski definition) is 1. The summed E-state index contributed by atoms with van der Waals surface area (Å²) in [6, 6.07) is 1.46. The molecular weight excluding hydrogens is 254 g/mol. The topological polar surface area (TPSA) is 66.1 Å². The predicted molar refractivity (Wildman–Crippen MR) is 68.6 cm³/mol. The maximum Gasteiger partial charge on any atom is 0.251 e. The van der Waals surface area contributed by atoms with E-state index in [0.717, 1.165) is 13.0 Å². The summed E-state index contributed by atoms with van der Waals surface area (Å²) in [5.74, 6) is 0.771. The van der Waals surface area contributed by atoms with Crippen LogP contribution >= 0.6 is 11.6 Å². The lowest BCUT2D eigenvalue weighted by Gasteiger charge is -2.15. The van der Waals surface area contributed by atoms with Crippen molar-refractivity contribution in [1.82, 2.24) is 14.9 Å². The summed E-state index contributed by atoms with van der Waals surface area (Å²) < 4.78 is 0. The Balaban J connectivity index is 2.20. The normalized spacial score (nSPS) is 19.6. The number of carbonyl (C=O) groups is 1. The van der Waals surface area contributed by atoms with Gasteiger partial charge in [-0.2, -0.15) is 0 Å². The fourth-order valence-electron chi connectivity index (χ4n) is 2.26. The number of aromatic amines is 1. The van der Waals surface area contributed by atoms with Gasteiger partial charge in [0.15, 0.2) is 0 Å². The van der Waals surface area contributed by atoms with Gasteiger partial charge in [0.1, 0.15) is 5.82 Å². The van der Waals surface area contributed by atoms with Crippen LogP contribution in [0.1, 0.15) is 37.2 Å². The van der Waals surface area contributed by atoms with Crippen molar-refractivity contribution in [2.45, 2.75) is 31.6 Å². The van der Waals surface area contributed by atoms with Gasteiger partial charge in [0.25, 0.3) is 5.56 Å². The molecule has 98 valence electrons. The Kier molecular flexibility index (Phi) is 4.01. The first-order valence-electron chi connectivity index (χ1n) is 6.08. The van der Waals surface area contributed by atoms with Gasteiger partial charge in [-0.25, -0.2) is 4.98 Å². The molecule has 1 atom stereocenters. The lowest BCUT2D eigenvalue weighted by Crippen LogP contribution is -2.25. The highest BCUT2D eigenvalue weighted by molar-refractivity contribution is 6.16. The van der Waals surface area contributed by atoms with E-state index >= 15 is 0 Å². The summed E-state index contributed by atoms with van der Waals surface area (Å²) in [4.78, 5) is 31.9. The van der Waals surface area contributed by atoms with Gasteiger partial charge in [0.05, 0.1) is 11.6 Å². The maximum absolute atomic E-state index is 11.8. The number of alkyl halides is 1. The zero-order valence-electron chi connectivity index (χ0n) is 10.3. The summed E-state index contributed by atoms with van der Waals surface area (Å²) in [5.41, 5.74) is 0.457. The molecule has 0 radical (unpaired) electrons. The largest absolute Gasteiger partial charge is 0.342 e. The summed E-state index contributed by atoms with van der Waals surface area (Å²) in [6.07, 6.45) is 1.37. The second-order valence-corrected chi connectivity index (χ2v) is 4.76. The molecule has 1 fully saturated rings. The number of nitrogens with zero attached hydrogens (tertiary/aromatic N) is 2. The monoisotopic (exact) mass is 269 g/mol. The molecule has 1 saturated heterocycles. The molecule has 0 aliphatic carbocycles. The Hall–Kier alpha value is -1.36. The third kappa shape index (κ3) is 2.72. The lowest BCUT2D eigenvalue weighted by atomic mass is 10.0. The molecule has 1 aromatic rings. The number of likely N-dealkylation sites (tertiary alicyclic amines) is 1. The predicted octanol–water partition coefficient (Wildman–Crippen LogP) is 1.23. The van der Waals surface area contributed by atoms with E-state index in [1.54, 1.807) is 0 Å². The highest BCUT2D eigenvalue weighted by Crippen LogP contribution is 2.26. The van der Waals surface area contributed by atoms with Crippen LogP contribution in [0.3, 0.4) is 0 Å². The van der Waals surface area contributed by atoms with E-state index in [4.69, 9.17) is 11.6 Å². The number of rotatable bonds is 4. The molecule has 1 N–H and O–H groups in total. The van der Waals surface area contributed by atoms with E-state index in [1.807, 2.05) is 11.8 Å². The Morgan fingerprint density at radius 3 is 3.00 bits per heavy atom. The zero-order valence-corrected chi connectivity index (χ0v) is 11.0. The molecule has 2 rings (SSSR count). The van der Waals surface area contributed by atoms with Crippen molar-refractivity contribution in [3.8, 4) is 0 Å². The second-order valence-electron chi connectivity index (χ2n) is 4.49. The highest BCUT2D eigenvalue weighted by Gasteiger charge is 2.31. The van der Waals surface area contributed by atoms with Crippen LogP contribution in [0.4, 0.5) is 0 Å². The van der Waals surface area contributed by atoms with E-state index in [-0.39, 0.29) is 23.3 Å². The average Bonchev–Trinajstić information content (AvgIpc) is 2.71. The highest BCUT2D eigenvalue weighted by atomic mass is 35.5. The first-order chi connectivity index (χ1) is 8.63. The summed E-state index contributed by atoms with van der Waals surface area (Å²) >= 11 is 5.67. The molecule has 1 aromatic heterocycles. The Morgan fingerprint density at radius 1 is 1.56 bits per heavy atom. The van der Waals surface area contributed by atoms with Gasteiger partial charge in [0.2, 0.25) is 5.91 Å². The summed E-state index contributed by atoms with van der Waals surface area (Å²) in [7, 11) is 0. The van der Waals surface area contributed by atoms with Gasteiger partial charge in [-0.15, -0.1) is 11.6 Å². The van der Waals surface area contributed by atoms with Crippen LogP contribution < -0.4 is 5.56 Å². The van der Waals surface area contributed by atoms with Gasteiger partial charge in [-0.05, 0) is 6.42 Å². The molecule has 0 bridgehead atoms. The third-order valence-corrected chi connectivity index (χ3v) is 3.32. The molecular formula is C12H16ClN3O2. The third-order valence-electron chi connectivity index (χ3n) is 3.06. The van der Waals surface area contributed by atoms with Crippen molar-refractivity contribution in [3.63, 3.8) is 0 Å². The van der Waals surface area contributed by atoms with Crippen LogP contribution in [0.15, 0.2) is 10.9 Å². The van der Waals surface area contributed by atoms with Gasteiger partial charge in [0, 0.05) is 31.5 Å². The minimum atomic E-state index is -0.211. The molecule has 5 nitrogen and oxygen atoms in total. The van der Waals surface area contributed by atoms with Gasteiger partial charge >= 0.3 is 0 Å². The Bertz CT molecular complexity index is 500. The smallest absolute Gasteiger partial charge is 0.251 e. The number of carbonyl (C=O) groups excluding carboxylic acids is 1. The van der Waals surface area contributed by atoms with Crippen LogP contribution in [0.25, 0.3) is 0 Å². The number of nitrogens with one attached hydrogen (secondary N) is 1. The van der Waals surface area contributed by atoms with Crippen molar-refractivity contribution in [1.29, 1.82) is 0 Å². The van der Waals surface area contributed by atoms with E-state index in [1.165, 1.54) is 6.07 Å². The van der Waals surface area contributed by atoms with E-state index in [2.05, 4.69) is 9.97 Å². The van der Waals surface area contributed by atoms with E-state index < -0.39 is 0 Å². The van der Waals surface area contributed by atoms with E-state index in [9.17, 15) is 9.59 Å². The summed E-state index contributed by atoms with van der Waals surface area (Å²) in [5, 5.41) is 0. The van der Waals surface area contributed by atoms with Crippen molar-refractivity contribution in [3.05, 3.63) is 27.9 Å². The molecule has 2 heterocycles. The number of halogens is 1. The fourth-order valence-corrected chi connectivity index (χ4v) is 2.38. The minimum absolute atomic E-state index is 0.00770. The van der Waals surface area contributed by atoms with Crippen molar-refractivity contribution in [2.75, 3.05) is 13.1 Å². The number of aromatic nitrogens is 2. The van der Waals surface area contributed by atoms with Gasteiger partial charge < -0.3 is 9.88 Å². The summed E-state index contributed by atoms with van der Waals surface area (Å²) in [6.45, 7) is 3.45. The molecule has 1 amide bonds. The van der Waals surface area contributed by atoms with Crippen molar-refractivity contribution >= 4 is 17.5 Å².